The van der Waals surface area contributed by atoms with Crippen molar-refractivity contribution in [3.8, 4) is 0 Å². The van der Waals surface area contributed by atoms with E-state index in [1.165, 1.54) is 6.92 Å². The molecule has 0 aromatic heterocycles. The van der Waals surface area contributed by atoms with E-state index < -0.39 is 5.97 Å². The van der Waals surface area contributed by atoms with Crippen molar-refractivity contribution in [1.82, 2.24) is 0 Å². The van der Waals surface area contributed by atoms with E-state index in [-0.39, 0.29) is 5.78 Å². The topological polar surface area (TPSA) is 54.4 Å². The molecule has 0 radical (unpaired) electrons. The van der Waals surface area contributed by atoms with Crippen LogP contribution < -0.4 is 0 Å². The second kappa shape index (κ2) is 7.63. The van der Waals surface area contributed by atoms with E-state index in [0.29, 0.717) is 5.39 Å². The molecule has 3 nitrogen and oxygen atoms in total. The fourth-order valence-electron chi connectivity index (χ4n) is 0. The Labute approximate surface area is 61.8 Å². The Morgan fingerprint density at radius 1 is 1.44 bits per heavy atom. The Kier molecular flexibility index (Phi) is 9.70. The van der Waals surface area contributed by atoms with Crippen molar-refractivity contribution in [1.29, 1.82) is 0 Å². The number of carboxylic acids is 1. The Hall–Kier alpha value is -0.366. The number of carboxylic acid groups (broad SMARTS) is 1. The van der Waals surface area contributed by atoms with Crippen LogP contribution in [0.5, 0.6) is 0 Å². The molecule has 0 saturated carbocycles. The monoisotopic (exact) mass is 175 g/mol. The second-order valence-electron chi connectivity index (χ2n) is 1.33. The molecule has 0 atom stereocenters. The van der Waals surface area contributed by atoms with Crippen LogP contribution in [-0.4, -0.2) is 16.9 Å². The van der Waals surface area contributed by atoms with Crippen molar-refractivity contribution in [2.24, 2.45) is 0 Å². The van der Waals surface area contributed by atoms with Crippen molar-refractivity contribution in [3.05, 3.63) is 0 Å². The maximum atomic E-state index is 9.72. The van der Waals surface area contributed by atoms with Gasteiger partial charge in [0.25, 0.3) is 5.97 Å². The first kappa shape index (κ1) is 11.4. The molecule has 57 valence electrons. The number of rotatable bonds is 1. The van der Waals surface area contributed by atoms with E-state index >= 15 is 0 Å². The van der Waals surface area contributed by atoms with Crippen molar-refractivity contribution < 1.29 is 30.2 Å². The van der Waals surface area contributed by atoms with E-state index in [1.54, 1.807) is 0 Å². The summed E-state index contributed by atoms with van der Waals surface area (Å²) in [5.74, 6) is -0.745. The number of hydrogen-bond acceptors (Lipinski definition) is 2. The van der Waals surface area contributed by atoms with Crippen molar-refractivity contribution in [2.75, 3.05) is 0 Å². The molecule has 4 heteroatoms. The van der Waals surface area contributed by atoms with Crippen LogP contribution in [0, 0.1) is 0 Å². The summed E-state index contributed by atoms with van der Waals surface area (Å²) in [6.07, 6.45) is 0. The number of carbonyl (C=O) groups excluding carboxylic acids is 1. The van der Waals surface area contributed by atoms with Crippen LogP contribution in [0.25, 0.3) is 0 Å². The summed E-state index contributed by atoms with van der Waals surface area (Å²) in [6.45, 7) is 2.57. The third-order valence-corrected chi connectivity index (χ3v) is 0.649. The molecule has 0 unspecified atom stereocenters. The van der Waals surface area contributed by atoms with Crippen molar-refractivity contribution >= 4 is 11.8 Å². The van der Waals surface area contributed by atoms with Gasteiger partial charge in [-0.25, -0.2) is 0 Å². The van der Waals surface area contributed by atoms with Crippen LogP contribution in [0.3, 0.4) is 0 Å². The van der Waals surface area contributed by atoms with Gasteiger partial charge < -0.3 is 5.11 Å². The van der Waals surface area contributed by atoms with Gasteiger partial charge in [0.1, 0.15) is 0 Å². The zero-order valence-electron chi connectivity index (χ0n) is 5.29. The van der Waals surface area contributed by atoms with E-state index in [2.05, 4.69) is 15.5 Å². The van der Waals surface area contributed by atoms with Crippen LogP contribution >= 0.6 is 0 Å². The third kappa shape index (κ3) is 90.8. The van der Waals surface area contributed by atoms with Gasteiger partial charge in [-0.3, -0.25) is 4.79 Å². The molecule has 0 rings (SSSR count). The van der Waals surface area contributed by atoms with Crippen LogP contribution in [0.15, 0.2) is 0 Å². The van der Waals surface area contributed by atoms with Gasteiger partial charge >= 0.3 is 38.4 Å². The molecule has 0 fully saturated rings. The van der Waals surface area contributed by atoms with Gasteiger partial charge in [0.2, 0.25) is 0 Å². The number of aliphatic carboxylic acids is 1. The number of Topliss-reactive ketones (excluding diaryl/α,β-unsaturated/α-hetero) is 1. The third-order valence-electron chi connectivity index (χ3n) is 0.157. The molecule has 0 heterocycles. The summed E-state index contributed by atoms with van der Waals surface area (Å²) in [4.78, 5) is 18.7. The molecule has 0 aliphatic rings. The van der Waals surface area contributed by atoms with Crippen LogP contribution in [0.4, 0.5) is 0 Å². The summed E-state index contributed by atoms with van der Waals surface area (Å²) in [5.41, 5.74) is 0. The zero-order valence-corrected chi connectivity index (χ0v) is 6.27. The molecular formula is C5H9NiO3. The first-order chi connectivity index (χ1) is 4.00. The van der Waals surface area contributed by atoms with Gasteiger partial charge in [-0.2, -0.15) is 0 Å². The number of carbonyl (C=O) groups is 2. The number of hydrogen-bond donors (Lipinski definition) is 1. The standard InChI is InChI=1S/C3H5O.C2H4O2.Ni/c1-3(2)4;1-2(3)4;/h1H2,2H3;1H3,(H,3,4);. The molecule has 0 spiro atoms. The average molecular weight is 176 g/mol. The van der Waals surface area contributed by atoms with Crippen LogP contribution in [0.2, 0.25) is 5.39 Å². The predicted molar refractivity (Wildman–Crippen MR) is 28.8 cm³/mol. The van der Waals surface area contributed by atoms with Gasteiger partial charge in [-0.1, -0.05) is 0 Å². The van der Waals surface area contributed by atoms with Crippen LogP contribution in [-0.2, 0) is 25.1 Å². The fourth-order valence-corrected chi connectivity index (χ4v) is 0. The zero-order chi connectivity index (χ0) is 7.86. The summed E-state index contributed by atoms with van der Waals surface area (Å²) >= 11 is 4.08. The molecule has 1 N–H and O–H groups in total. The molecule has 0 amide bonds. The quantitative estimate of drug-likeness (QED) is 0.596. The Morgan fingerprint density at radius 2 is 1.56 bits per heavy atom. The Balaban J connectivity index is 0. The van der Waals surface area contributed by atoms with E-state index in [4.69, 9.17) is 9.90 Å². The van der Waals surface area contributed by atoms with Gasteiger partial charge in [0.15, 0.2) is 0 Å². The normalized spacial score (nSPS) is 7.11. The molecule has 0 aromatic carbocycles. The molecule has 0 aromatic rings. The number of ketones is 1. The average Bonchev–Trinajstić information content (AvgIpc) is 1.65. The van der Waals surface area contributed by atoms with Crippen LogP contribution in [0.1, 0.15) is 13.8 Å². The van der Waals surface area contributed by atoms with E-state index in [9.17, 15) is 4.79 Å². The predicted octanol–water partition coefficient (Wildman–Crippen LogP) is 0.631. The minimum absolute atomic E-state index is 0.0880. The van der Waals surface area contributed by atoms with E-state index in [1.807, 2.05) is 0 Å². The molecule has 9 heavy (non-hydrogen) atoms. The summed E-state index contributed by atoms with van der Waals surface area (Å²) < 4.78 is 0. The Bertz CT molecular complexity index is 96.4. The molecule has 0 aliphatic heterocycles. The molecule has 0 aliphatic carbocycles. The van der Waals surface area contributed by atoms with Gasteiger partial charge in [0, 0.05) is 6.92 Å². The van der Waals surface area contributed by atoms with Gasteiger partial charge in [-0.05, 0) is 0 Å². The van der Waals surface area contributed by atoms with Gasteiger partial charge in [-0.15, -0.1) is 0 Å². The van der Waals surface area contributed by atoms with Crippen molar-refractivity contribution in [3.63, 3.8) is 0 Å². The summed E-state index contributed by atoms with van der Waals surface area (Å²) in [6, 6.07) is 0. The maximum absolute atomic E-state index is 9.72. The van der Waals surface area contributed by atoms with Gasteiger partial charge in [0.05, 0.1) is 0 Å². The summed E-state index contributed by atoms with van der Waals surface area (Å²) in [5, 5.41) is 7.71. The first-order valence-electron chi connectivity index (χ1n) is 2.21. The Morgan fingerprint density at radius 3 is 1.56 bits per heavy atom. The fraction of sp³-hybridized carbons (Fsp3) is 0.600. The minimum atomic E-state index is -0.833. The first-order valence-corrected chi connectivity index (χ1v) is 2.91. The summed E-state index contributed by atoms with van der Waals surface area (Å²) in [7, 11) is 0. The second-order valence-corrected chi connectivity index (χ2v) is 1.68. The van der Waals surface area contributed by atoms with E-state index in [0.717, 1.165) is 6.92 Å². The molecule has 0 saturated heterocycles. The molecule has 0 bridgehead atoms. The SMILES string of the molecule is CC(=O)O.CC(=O)[CH2][Ni]. The molecular weight excluding hydrogens is 167 g/mol. The van der Waals surface area contributed by atoms with Crippen molar-refractivity contribution in [2.45, 2.75) is 19.2 Å².